The van der Waals surface area contributed by atoms with Crippen LogP contribution in [0.5, 0.6) is 0 Å². The third-order valence-corrected chi connectivity index (χ3v) is 6.21. The first-order valence-corrected chi connectivity index (χ1v) is 11.1. The zero-order chi connectivity index (χ0) is 23.0. The van der Waals surface area contributed by atoms with Gasteiger partial charge in [-0.15, -0.1) is 0 Å². The van der Waals surface area contributed by atoms with Crippen LogP contribution in [-0.4, -0.2) is 33.7 Å². The van der Waals surface area contributed by atoms with E-state index >= 15 is 0 Å². The van der Waals surface area contributed by atoms with Gasteiger partial charge in [0.2, 0.25) is 5.78 Å². The number of nitrogen functional groups attached to an aromatic ring is 1. The number of fused-ring (bicyclic) bond motifs is 1. The summed E-state index contributed by atoms with van der Waals surface area (Å²) < 4.78 is 42.5. The molecule has 32 heavy (non-hydrogen) atoms. The fourth-order valence-corrected chi connectivity index (χ4v) is 4.31. The molecular weight excluding hydrogens is 435 g/mol. The number of nitrogens with zero attached hydrogens (tertiary/aromatic N) is 4. The molecule has 9 nitrogen and oxygen atoms in total. The number of aromatic nitrogens is 4. The van der Waals surface area contributed by atoms with Crippen molar-refractivity contribution in [3.8, 4) is 0 Å². The standard InChI is InChI=1S/C21H19FN6O3S/c1-12(2)28-10-16(18-20(23)25-11-26-21(18)28)19(29)17-9-14(7-8-24-17)27-32(30,31)15-5-3-13(22)4-6-15/h3-12H,1-2H3,(H,24,27)(H2,23,25,26). The Bertz CT molecular complexity index is 1430. The van der Waals surface area contributed by atoms with Crippen molar-refractivity contribution in [2.45, 2.75) is 24.8 Å². The number of sulfonamides is 1. The summed E-state index contributed by atoms with van der Waals surface area (Å²) in [7, 11) is -3.99. The molecule has 3 N–H and O–H groups in total. The van der Waals surface area contributed by atoms with Gasteiger partial charge in [-0.25, -0.2) is 22.8 Å². The van der Waals surface area contributed by atoms with Crippen molar-refractivity contribution >= 4 is 38.3 Å². The summed E-state index contributed by atoms with van der Waals surface area (Å²) in [5.41, 5.74) is 6.94. The summed E-state index contributed by atoms with van der Waals surface area (Å²) in [6.07, 6.45) is 4.28. The van der Waals surface area contributed by atoms with Gasteiger partial charge in [-0.1, -0.05) is 0 Å². The molecule has 3 heterocycles. The highest BCUT2D eigenvalue weighted by atomic mass is 32.2. The second-order valence-electron chi connectivity index (χ2n) is 7.32. The largest absolute Gasteiger partial charge is 0.383 e. The van der Waals surface area contributed by atoms with Gasteiger partial charge in [0.25, 0.3) is 10.0 Å². The van der Waals surface area contributed by atoms with Crippen LogP contribution >= 0.6 is 0 Å². The monoisotopic (exact) mass is 454 g/mol. The smallest absolute Gasteiger partial charge is 0.261 e. The quantitative estimate of drug-likeness (QED) is 0.428. The van der Waals surface area contributed by atoms with E-state index in [2.05, 4.69) is 19.7 Å². The summed E-state index contributed by atoms with van der Waals surface area (Å²) in [5.74, 6) is -0.853. The minimum absolute atomic E-state index is 0.00941. The van der Waals surface area contributed by atoms with E-state index < -0.39 is 21.6 Å². The fourth-order valence-electron chi connectivity index (χ4n) is 3.26. The molecule has 0 spiro atoms. The van der Waals surface area contributed by atoms with Crippen LogP contribution in [0.2, 0.25) is 0 Å². The van der Waals surface area contributed by atoms with Crippen LogP contribution in [0.1, 0.15) is 35.9 Å². The lowest BCUT2D eigenvalue weighted by Gasteiger charge is -2.09. The van der Waals surface area contributed by atoms with Gasteiger partial charge in [0.05, 0.1) is 21.5 Å². The summed E-state index contributed by atoms with van der Waals surface area (Å²) in [6, 6.07) is 7.13. The molecule has 4 aromatic rings. The Kier molecular flexibility index (Phi) is 5.35. The SMILES string of the molecule is CC(C)n1cc(C(=O)c2cc(NS(=O)(=O)c3ccc(F)cc3)ccn2)c2c(N)ncnc21. The first kappa shape index (κ1) is 21.4. The number of nitrogens with two attached hydrogens (primary N) is 1. The summed E-state index contributed by atoms with van der Waals surface area (Å²) in [6.45, 7) is 3.88. The Labute approximate surface area is 183 Å². The molecule has 11 heteroatoms. The van der Waals surface area contributed by atoms with Crippen LogP contribution < -0.4 is 10.5 Å². The molecule has 0 saturated carbocycles. The number of nitrogens with one attached hydrogen (secondary N) is 1. The zero-order valence-electron chi connectivity index (χ0n) is 17.2. The third kappa shape index (κ3) is 3.89. The predicted molar refractivity (Wildman–Crippen MR) is 117 cm³/mol. The third-order valence-electron chi connectivity index (χ3n) is 4.81. The van der Waals surface area contributed by atoms with E-state index in [0.717, 1.165) is 24.3 Å². The van der Waals surface area contributed by atoms with Crippen molar-refractivity contribution in [3.05, 3.63) is 72.2 Å². The minimum Gasteiger partial charge on any atom is -0.383 e. The first-order chi connectivity index (χ1) is 15.2. The van der Waals surface area contributed by atoms with Gasteiger partial charge >= 0.3 is 0 Å². The van der Waals surface area contributed by atoms with E-state index in [0.29, 0.717) is 11.0 Å². The summed E-state index contributed by atoms with van der Waals surface area (Å²) in [4.78, 5) is 25.5. The number of benzene rings is 1. The fraction of sp³-hybridized carbons (Fsp3) is 0.143. The predicted octanol–water partition coefficient (Wildman–Crippen LogP) is 3.16. The van der Waals surface area contributed by atoms with E-state index in [1.807, 2.05) is 18.4 Å². The van der Waals surface area contributed by atoms with Crippen LogP contribution in [-0.2, 0) is 10.0 Å². The molecule has 0 aliphatic carbocycles. The molecule has 0 atom stereocenters. The van der Waals surface area contributed by atoms with Gasteiger partial charge in [0, 0.05) is 18.4 Å². The van der Waals surface area contributed by atoms with Gasteiger partial charge in [0.1, 0.15) is 29.3 Å². The highest BCUT2D eigenvalue weighted by Crippen LogP contribution is 2.28. The summed E-state index contributed by atoms with van der Waals surface area (Å²) in [5, 5.41) is 0.408. The number of carbonyl (C=O) groups is 1. The van der Waals surface area contributed by atoms with E-state index in [1.165, 1.54) is 24.7 Å². The molecule has 0 bridgehead atoms. The van der Waals surface area contributed by atoms with Crippen molar-refractivity contribution in [3.63, 3.8) is 0 Å². The van der Waals surface area contributed by atoms with Crippen molar-refractivity contribution in [2.24, 2.45) is 0 Å². The molecule has 4 rings (SSSR count). The summed E-state index contributed by atoms with van der Waals surface area (Å²) >= 11 is 0. The minimum atomic E-state index is -3.99. The molecule has 0 saturated heterocycles. The van der Waals surface area contributed by atoms with Crippen molar-refractivity contribution in [2.75, 3.05) is 10.5 Å². The van der Waals surface area contributed by atoms with E-state index in [9.17, 15) is 17.6 Å². The molecule has 0 amide bonds. The second-order valence-corrected chi connectivity index (χ2v) is 9.00. The van der Waals surface area contributed by atoms with E-state index in [1.54, 1.807) is 6.20 Å². The highest BCUT2D eigenvalue weighted by Gasteiger charge is 2.23. The van der Waals surface area contributed by atoms with Gasteiger partial charge in [-0.05, 0) is 50.2 Å². The molecule has 0 aliphatic heterocycles. The topological polar surface area (TPSA) is 133 Å². The second kappa shape index (κ2) is 8.00. The zero-order valence-corrected chi connectivity index (χ0v) is 18.0. The van der Waals surface area contributed by atoms with Crippen LogP contribution in [0.25, 0.3) is 11.0 Å². The van der Waals surface area contributed by atoms with Crippen LogP contribution in [0.4, 0.5) is 15.9 Å². The average Bonchev–Trinajstić information content (AvgIpc) is 3.15. The lowest BCUT2D eigenvalue weighted by molar-refractivity contribution is 0.103. The molecule has 164 valence electrons. The molecule has 3 aromatic heterocycles. The maximum atomic E-state index is 13.3. The molecule has 0 aliphatic rings. The highest BCUT2D eigenvalue weighted by molar-refractivity contribution is 7.92. The number of pyridine rings is 1. The van der Waals surface area contributed by atoms with Crippen molar-refractivity contribution in [1.29, 1.82) is 0 Å². The van der Waals surface area contributed by atoms with Crippen molar-refractivity contribution in [1.82, 2.24) is 19.5 Å². The number of hydrogen-bond donors (Lipinski definition) is 2. The lowest BCUT2D eigenvalue weighted by atomic mass is 10.1. The number of rotatable bonds is 6. The molecular formula is C21H19FN6O3S. The van der Waals surface area contributed by atoms with E-state index in [-0.39, 0.29) is 33.7 Å². The molecule has 1 aromatic carbocycles. The van der Waals surface area contributed by atoms with Gasteiger partial charge < -0.3 is 10.3 Å². The Morgan fingerprint density at radius 1 is 1.12 bits per heavy atom. The average molecular weight is 454 g/mol. The number of halogens is 1. The van der Waals surface area contributed by atoms with Crippen molar-refractivity contribution < 1.29 is 17.6 Å². The molecule has 0 radical (unpaired) electrons. The maximum absolute atomic E-state index is 13.3. The van der Waals surface area contributed by atoms with Crippen LogP contribution in [0, 0.1) is 5.82 Å². The normalized spacial score (nSPS) is 11.8. The Balaban J connectivity index is 1.71. The molecule has 0 unspecified atom stereocenters. The van der Waals surface area contributed by atoms with E-state index in [4.69, 9.17) is 5.73 Å². The number of anilines is 2. The Morgan fingerprint density at radius 2 is 1.84 bits per heavy atom. The Hall–Kier alpha value is -3.86. The lowest BCUT2D eigenvalue weighted by Crippen LogP contribution is -2.14. The van der Waals surface area contributed by atoms with Gasteiger partial charge in [0.15, 0.2) is 0 Å². The number of hydrogen-bond acceptors (Lipinski definition) is 7. The molecule has 0 fully saturated rings. The number of ketones is 1. The van der Waals surface area contributed by atoms with Crippen LogP contribution in [0.3, 0.4) is 0 Å². The Morgan fingerprint density at radius 3 is 2.53 bits per heavy atom. The number of carbonyl (C=O) groups excluding carboxylic acids is 1. The van der Waals surface area contributed by atoms with Crippen LogP contribution in [0.15, 0.2) is 60.0 Å². The van der Waals surface area contributed by atoms with Gasteiger partial charge in [-0.2, -0.15) is 0 Å². The first-order valence-electron chi connectivity index (χ1n) is 9.57. The maximum Gasteiger partial charge on any atom is 0.261 e. The van der Waals surface area contributed by atoms with Gasteiger partial charge in [-0.3, -0.25) is 14.5 Å².